The van der Waals surface area contributed by atoms with Crippen molar-refractivity contribution in [2.24, 2.45) is 0 Å². The summed E-state index contributed by atoms with van der Waals surface area (Å²) in [4.78, 5) is 0. The van der Waals surface area contributed by atoms with Gasteiger partial charge < -0.3 is 5.32 Å². The predicted octanol–water partition coefficient (Wildman–Crippen LogP) is 4.50. The molecule has 1 N–H and O–H groups in total. The van der Waals surface area contributed by atoms with Gasteiger partial charge in [0.05, 0.1) is 0 Å². The van der Waals surface area contributed by atoms with Gasteiger partial charge >= 0.3 is 0 Å². The van der Waals surface area contributed by atoms with Crippen molar-refractivity contribution in [3.8, 4) is 0 Å². The van der Waals surface area contributed by atoms with Crippen molar-refractivity contribution >= 4 is 5.69 Å². The van der Waals surface area contributed by atoms with E-state index in [2.05, 4.69) is 63.0 Å². The first-order chi connectivity index (χ1) is 8.13. The van der Waals surface area contributed by atoms with Crippen molar-refractivity contribution in [2.45, 2.75) is 51.0 Å². The number of hydrogen-bond acceptors (Lipinski definition) is 1. The molecule has 1 aliphatic rings. The molecular formula is C16H23N. The lowest BCUT2D eigenvalue weighted by Gasteiger charge is -2.42. The first kappa shape index (κ1) is 12.2. The van der Waals surface area contributed by atoms with Crippen LogP contribution in [0.4, 0.5) is 5.69 Å². The number of rotatable bonds is 4. The van der Waals surface area contributed by atoms with Gasteiger partial charge in [0.2, 0.25) is 0 Å². The molecule has 0 spiro atoms. The molecule has 0 aliphatic carbocycles. The van der Waals surface area contributed by atoms with E-state index in [0.717, 1.165) is 12.8 Å². The molecule has 2 rings (SSSR count). The average molecular weight is 229 g/mol. The lowest BCUT2D eigenvalue weighted by atomic mass is 9.65. The zero-order valence-electron chi connectivity index (χ0n) is 11.2. The van der Waals surface area contributed by atoms with Crippen LogP contribution in [0.1, 0.15) is 45.6 Å². The minimum absolute atomic E-state index is 0.0765. The Labute approximate surface area is 105 Å². The van der Waals surface area contributed by atoms with E-state index in [1.807, 2.05) is 0 Å². The van der Waals surface area contributed by atoms with Gasteiger partial charge in [0.15, 0.2) is 0 Å². The Bertz CT molecular complexity index is 423. The minimum Gasteiger partial charge on any atom is -0.378 e. The Hall–Kier alpha value is -1.24. The van der Waals surface area contributed by atoms with E-state index in [-0.39, 0.29) is 11.0 Å². The van der Waals surface area contributed by atoms with Crippen LogP contribution in [0.3, 0.4) is 0 Å². The summed E-state index contributed by atoms with van der Waals surface area (Å²) >= 11 is 0. The van der Waals surface area contributed by atoms with Crippen LogP contribution in [0.5, 0.6) is 0 Å². The minimum atomic E-state index is 0.0765. The second kappa shape index (κ2) is 4.21. The van der Waals surface area contributed by atoms with Crippen molar-refractivity contribution in [1.82, 2.24) is 0 Å². The summed E-state index contributed by atoms with van der Waals surface area (Å²) in [6.07, 6.45) is 5.61. The Balaban J connectivity index is 2.61. The highest BCUT2D eigenvalue weighted by molar-refractivity contribution is 5.66. The van der Waals surface area contributed by atoms with Crippen LogP contribution in [-0.2, 0) is 5.41 Å². The Morgan fingerprint density at radius 1 is 1.29 bits per heavy atom. The second-order valence-corrected chi connectivity index (χ2v) is 5.28. The van der Waals surface area contributed by atoms with Crippen LogP contribution >= 0.6 is 0 Å². The van der Waals surface area contributed by atoms with E-state index in [1.165, 1.54) is 17.7 Å². The fourth-order valence-electron chi connectivity index (χ4n) is 3.33. The smallest absolute Gasteiger partial charge is 0.0474 e. The van der Waals surface area contributed by atoms with Crippen LogP contribution in [0.25, 0.3) is 0 Å². The normalized spacial score (nSPS) is 30.8. The molecule has 1 aromatic rings. The van der Waals surface area contributed by atoms with E-state index in [9.17, 15) is 0 Å². The molecule has 2 atom stereocenters. The molecule has 0 amide bonds. The number of benzene rings is 1. The molecule has 0 fully saturated rings. The molecule has 1 aliphatic heterocycles. The summed E-state index contributed by atoms with van der Waals surface area (Å²) in [5, 5.41) is 3.72. The lowest BCUT2D eigenvalue weighted by molar-refractivity contribution is 0.310. The maximum atomic E-state index is 4.14. The van der Waals surface area contributed by atoms with Gasteiger partial charge in [-0.1, -0.05) is 44.5 Å². The fourth-order valence-corrected chi connectivity index (χ4v) is 3.33. The third kappa shape index (κ3) is 1.52. The predicted molar refractivity (Wildman–Crippen MR) is 75.5 cm³/mol. The van der Waals surface area contributed by atoms with E-state index >= 15 is 0 Å². The third-order valence-corrected chi connectivity index (χ3v) is 4.50. The number of anilines is 1. The molecule has 0 aromatic heterocycles. The van der Waals surface area contributed by atoms with E-state index in [1.54, 1.807) is 0 Å². The highest BCUT2D eigenvalue weighted by Crippen LogP contribution is 2.52. The van der Waals surface area contributed by atoms with Gasteiger partial charge in [0, 0.05) is 16.6 Å². The van der Waals surface area contributed by atoms with Gasteiger partial charge in [0.25, 0.3) is 0 Å². The molecule has 0 saturated heterocycles. The summed E-state index contributed by atoms with van der Waals surface area (Å²) in [6, 6.07) is 8.67. The van der Waals surface area contributed by atoms with Gasteiger partial charge in [-0.3, -0.25) is 0 Å². The van der Waals surface area contributed by atoms with Crippen molar-refractivity contribution < 1.29 is 0 Å². The Kier molecular flexibility index (Phi) is 3.03. The van der Waals surface area contributed by atoms with E-state index in [0.29, 0.717) is 0 Å². The zero-order valence-corrected chi connectivity index (χ0v) is 11.2. The number of para-hydroxylation sites is 1. The number of hydrogen-bond donors (Lipinski definition) is 1. The van der Waals surface area contributed by atoms with E-state index < -0.39 is 0 Å². The molecule has 17 heavy (non-hydrogen) atoms. The molecular weight excluding hydrogens is 206 g/mol. The maximum Gasteiger partial charge on any atom is 0.0474 e. The first-order valence-electron chi connectivity index (χ1n) is 6.65. The molecule has 1 heterocycles. The average Bonchev–Trinajstić information content (AvgIpc) is 2.60. The van der Waals surface area contributed by atoms with E-state index in [4.69, 9.17) is 0 Å². The van der Waals surface area contributed by atoms with Crippen molar-refractivity contribution in [3.05, 3.63) is 42.5 Å². The Morgan fingerprint density at radius 3 is 2.59 bits per heavy atom. The maximum absolute atomic E-state index is 4.14. The van der Waals surface area contributed by atoms with Crippen molar-refractivity contribution in [2.75, 3.05) is 5.32 Å². The fraction of sp³-hybridized carbons (Fsp3) is 0.500. The third-order valence-electron chi connectivity index (χ3n) is 4.50. The van der Waals surface area contributed by atoms with Crippen LogP contribution in [0.15, 0.2) is 36.9 Å². The van der Waals surface area contributed by atoms with Gasteiger partial charge in [-0.15, -0.1) is 6.58 Å². The second-order valence-electron chi connectivity index (χ2n) is 5.28. The quantitative estimate of drug-likeness (QED) is 0.749. The molecule has 2 unspecified atom stereocenters. The molecule has 1 nitrogen and oxygen atoms in total. The van der Waals surface area contributed by atoms with Gasteiger partial charge in [0.1, 0.15) is 0 Å². The first-order valence-corrected chi connectivity index (χ1v) is 6.65. The topological polar surface area (TPSA) is 12.0 Å². The van der Waals surface area contributed by atoms with Gasteiger partial charge in [-0.05, 0) is 31.4 Å². The van der Waals surface area contributed by atoms with Crippen LogP contribution in [0, 0.1) is 0 Å². The summed E-state index contributed by atoms with van der Waals surface area (Å²) in [5.41, 5.74) is 2.87. The molecule has 0 bridgehead atoms. The molecule has 0 saturated carbocycles. The summed E-state index contributed by atoms with van der Waals surface area (Å²) in [6.45, 7) is 11.0. The molecule has 1 heteroatoms. The van der Waals surface area contributed by atoms with Crippen molar-refractivity contribution in [1.29, 1.82) is 0 Å². The SMILES string of the molecule is C=CC1(CCC)c2ccccc2NC1(C)CC. The molecule has 0 radical (unpaired) electrons. The monoisotopic (exact) mass is 229 g/mol. The largest absolute Gasteiger partial charge is 0.378 e. The lowest BCUT2D eigenvalue weighted by Crippen LogP contribution is -2.48. The molecule has 1 aromatic carbocycles. The summed E-state index contributed by atoms with van der Waals surface area (Å²) < 4.78 is 0. The number of nitrogens with one attached hydrogen (secondary N) is 1. The standard InChI is InChI=1S/C16H23N/c1-5-12-16(7-3)13-10-8-9-11-14(13)17-15(16,4)6-2/h7-11,17H,3,5-6,12H2,1-2,4H3. The van der Waals surface area contributed by atoms with Gasteiger partial charge in [-0.25, -0.2) is 0 Å². The van der Waals surface area contributed by atoms with Crippen LogP contribution < -0.4 is 5.32 Å². The number of fused-ring (bicyclic) bond motifs is 1. The highest BCUT2D eigenvalue weighted by Gasteiger charge is 2.51. The summed E-state index contributed by atoms with van der Waals surface area (Å²) in [7, 11) is 0. The zero-order chi connectivity index (χ0) is 12.5. The van der Waals surface area contributed by atoms with Crippen LogP contribution in [-0.4, -0.2) is 5.54 Å². The summed E-state index contributed by atoms with van der Waals surface area (Å²) in [5.74, 6) is 0. The van der Waals surface area contributed by atoms with Gasteiger partial charge in [-0.2, -0.15) is 0 Å². The molecule has 92 valence electrons. The van der Waals surface area contributed by atoms with Crippen molar-refractivity contribution in [3.63, 3.8) is 0 Å². The highest BCUT2D eigenvalue weighted by atomic mass is 15.0. The Morgan fingerprint density at radius 2 is 2.00 bits per heavy atom. The van der Waals surface area contributed by atoms with Crippen LogP contribution in [0.2, 0.25) is 0 Å².